The summed E-state index contributed by atoms with van der Waals surface area (Å²) in [4.78, 5) is 3.87. The first-order valence-corrected chi connectivity index (χ1v) is 10.0. The normalized spacial score (nSPS) is 12.3. The van der Waals surface area contributed by atoms with Crippen molar-refractivity contribution in [1.82, 2.24) is 9.55 Å². The SMILES string of the molecule is CCc1ccc(-c2nc(C(F)(F)F)cn2-c2ccc(S(C)(=O)=O)cc2)cc1. The van der Waals surface area contributed by atoms with Crippen molar-refractivity contribution in [2.45, 2.75) is 24.4 Å². The van der Waals surface area contributed by atoms with Gasteiger partial charge in [-0.2, -0.15) is 13.2 Å². The zero-order valence-electron chi connectivity index (χ0n) is 14.7. The molecule has 1 heterocycles. The highest BCUT2D eigenvalue weighted by molar-refractivity contribution is 7.90. The Bertz CT molecular complexity index is 1050. The van der Waals surface area contributed by atoms with E-state index in [1.165, 1.54) is 28.8 Å². The number of sulfone groups is 1. The van der Waals surface area contributed by atoms with Crippen molar-refractivity contribution in [3.63, 3.8) is 0 Å². The molecular weight excluding hydrogens is 377 g/mol. The van der Waals surface area contributed by atoms with E-state index >= 15 is 0 Å². The summed E-state index contributed by atoms with van der Waals surface area (Å²) in [5.41, 5.74) is 0.976. The van der Waals surface area contributed by atoms with E-state index in [1.54, 1.807) is 12.1 Å². The van der Waals surface area contributed by atoms with Crippen LogP contribution in [0.2, 0.25) is 0 Å². The standard InChI is InChI=1S/C19H17F3N2O2S/c1-3-13-4-6-14(7-5-13)18-23-17(19(20,21)22)12-24(18)15-8-10-16(11-9-15)27(2,25)26/h4-12H,3H2,1-2H3. The molecule has 27 heavy (non-hydrogen) atoms. The highest BCUT2D eigenvalue weighted by Crippen LogP contribution is 2.33. The first-order chi connectivity index (χ1) is 12.6. The molecule has 0 spiro atoms. The minimum Gasteiger partial charge on any atom is -0.299 e. The summed E-state index contributed by atoms with van der Waals surface area (Å²) < 4.78 is 64.1. The monoisotopic (exact) mass is 394 g/mol. The number of hydrogen-bond acceptors (Lipinski definition) is 3. The summed E-state index contributed by atoms with van der Waals surface area (Å²) in [7, 11) is -3.39. The minimum atomic E-state index is -4.59. The third-order valence-corrected chi connectivity index (χ3v) is 5.29. The van der Waals surface area contributed by atoms with Crippen molar-refractivity contribution in [3.05, 3.63) is 66.0 Å². The van der Waals surface area contributed by atoms with Crippen LogP contribution in [0, 0.1) is 0 Å². The van der Waals surface area contributed by atoms with Crippen molar-refractivity contribution in [3.8, 4) is 17.1 Å². The van der Waals surface area contributed by atoms with Crippen molar-refractivity contribution in [2.75, 3.05) is 6.26 Å². The Morgan fingerprint density at radius 1 is 1.00 bits per heavy atom. The molecule has 0 N–H and O–H groups in total. The lowest BCUT2D eigenvalue weighted by Crippen LogP contribution is -2.05. The molecule has 1 aromatic heterocycles. The molecule has 3 rings (SSSR count). The van der Waals surface area contributed by atoms with Crippen LogP contribution in [-0.4, -0.2) is 24.2 Å². The first-order valence-electron chi connectivity index (χ1n) is 8.16. The zero-order chi connectivity index (χ0) is 19.8. The second-order valence-electron chi connectivity index (χ2n) is 6.13. The molecule has 0 atom stereocenters. The van der Waals surface area contributed by atoms with E-state index in [4.69, 9.17) is 0 Å². The fourth-order valence-electron chi connectivity index (χ4n) is 2.66. The molecular formula is C19H17F3N2O2S. The van der Waals surface area contributed by atoms with E-state index in [0.717, 1.165) is 24.4 Å². The van der Waals surface area contributed by atoms with Crippen LogP contribution in [0.15, 0.2) is 59.6 Å². The Balaban J connectivity index is 2.14. The van der Waals surface area contributed by atoms with E-state index in [1.807, 2.05) is 19.1 Å². The number of alkyl halides is 3. The highest BCUT2D eigenvalue weighted by atomic mass is 32.2. The van der Waals surface area contributed by atoms with Gasteiger partial charge in [-0.1, -0.05) is 31.2 Å². The largest absolute Gasteiger partial charge is 0.434 e. The maximum Gasteiger partial charge on any atom is 0.434 e. The molecule has 8 heteroatoms. The van der Waals surface area contributed by atoms with Crippen molar-refractivity contribution < 1.29 is 21.6 Å². The molecule has 0 aliphatic heterocycles. The number of hydrogen-bond donors (Lipinski definition) is 0. The van der Waals surface area contributed by atoms with Crippen LogP contribution in [0.5, 0.6) is 0 Å². The second-order valence-corrected chi connectivity index (χ2v) is 8.15. The van der Waals surface area contributed by atoms with Gasteiger partial charge in [0.05, 0.1) is 4.90 Å². The lowest BCUT2D eigenvalue weighted by molar-refractivity contribution is -0.140. The molecule has 3 aromatic rings. The number of benzene rings is 2. The average molecular weight is 394 g/mol. The van der Waals surface area contributed by atoms with Gasteiger partial charge in [-0.25, -0.2) is 13.4 Å². The van der Waals surface area contributed by atoms with E-state index in [0.29, 0.717) is 11.3 Å². The summed E-state index contributed by atoms with van der Waals surface area (Å²) >= 11 is 0. The van der Waals surface area contributed by atoms with Crippen molar-refractivity contribution in [1.29, 1.82) is 0 Å². The molecule has 0 saturated carbocycles. The Morgan fingerprint density at radius 2 is 1.59 bits per heavy atom. The summed E-state index contributed by atoms with van der Waals surface area (Å²) in [5, 5.41) is 0. The summed E-state index contributed by atoms with van der Waals surface area (Å²) in [6.07, 6.45) is -1.79. The third-order valence-electron chi connectivity index (χ3n) is 4.16. The number of aromatic nitrogens is 2. The van der Waals surface area contributed by atoms with Gasteiger partial charge in [0.1, 0.15) is 5.82 Å². The van der Waals surface area contributed by atoms with E-state index in [2.05, 4.69) is 4.98 Å². The maximum atomic E-state index is 13.2. The second kappa shape index (κ2) is 6.84. The maximum absolute atomic E-state index is 13.2. The zero-order valence-corrected chi connectivity index (χ0v) is 15.5. The lowest BCUT2D eigenvalue weighted by atomic mass is 10.1. The Labute approximate surface area is 155 Å². The third kappa shape index (κ3) is 4.05. The molecule has 0 aliphatic carbocycles. The van der Waals surface area contributed by atoms with Gasteiger partial charge in [-0.05, 0) is 36.2 Å². The summed E-state index contributed by atoms with van der Waals surface area (Å²) in [5.74, 6) is 0.136. The molecule has 0 aliphatic rings. The molecule has 4 nitrogen and oxygen atoms in total. The molecule has 0 bridgehead atoms. The van der Waals surface area contributed by atoms with Gasteiger partial charge in [0.2, 0.25) is 0 Å². The van der Waals surface area contributed by atoms with E-state index in [9.17, 15) is 21.6 Å². The van der Waals surface area contributed by atoms with Gasteiger partial charge in [0, 0.05) is 23.7 Å². The van der Waals surface area contributed by atoms with Crippen molar-refractivity contribution in [2.24, 2.45) is 0 Å². The van der Waals surface area contributed by atoms with Crippen LogP contribution in [-0.2, 0) is 22.4 Å². The number of halogens is 3. The van der Waals surface area contributed by atoms with Gasteiger partial charge in [-0.15, -0.1) is 0 Å². The molecule has 142 valence electrons. The van der Waals surface area contributed by atoms with E-state index < -0.39 is 21.7 Å². The Kier molecular flexibility index (Phi) is 4.86. The summed E-state index contributed by atoms with van der Waals surface area (Å²) in [6, 6.07) is 12.8. The smallest absolute Gasteiger partial charge is 0.299 e. The van der Waals surface area contributed by atoms with Crippen LogP contribution in [0.25, 0.3) is 17.1 Å². The molecule has 0 radical (unpaired) electrons. The summed E-state index contributed by atoms with van der Waals surface area (Å²) in [6.45, 7) is 1.99. The van der Waals surface area contributed by atoms with Gasteiger partial charge in [-0.3, -0.25) is 4.57 Å². The van der Waals surface area contributed by atoms with Gasteiger partial charge >= 0.3 is 6.18 Å². The van der Waals surface area contributed by atoms with Crippen molar-refractivity contribution >= 4 is 9.84 Å². The lowest BCUT2D eigenvalue weighted by Gasteiger charge is -2.09. The number of rotatable bonds is 4. The topological polar surface area (TPSA) is 52.0 Å². The molecule has 2 aromatic carbocycles. The quantitative estimate of drug-likeness (QED) is 0.654. The average Bonchev–Trinajstić information content (AvgIpc) is 3.07. The van der Waals surface area contributed by atoms with Crippen LogP contribution in [0.3, 0.4) is 0 Å². The fraction of sp³-hybridized carbons (Fsp3) is 0.211. The fourth-order valence-corrected chi connectivity index (χ4v) is 3.29. The Morgan fingerprint density at radius 3 is 2.07 bits per heavy atom. The number of nitrogens with zero attached hydrogens (tertiary/aromatic N) is 2. The first kappa shape index (κ1) is 19.2. The van der Waals surface area contributed by atoms with Crippen LogP contribution < -0.4 is 0 Å². The Hall–Kier alpha value is -2.61. The molecule has 0 saturated heterocycles. The van der Waals surface area contributed by atoms with Crippen LogP contribution >= 0.6 is 0 Å². The molecule has 0 amide bonds. The van der Waals surface area contributed by atoms with E-state index in [-0.39, 0.29) is 10.7 Å². The number of aryl methyl sites for hydroxylation is 1. The van der Waals surface area contributed by atoms with Gasteiger partial charge in [0.15, 0.2) is 15.5 Å². The molecule has 0 fully saturated rings. The number of imidazole rings is 1. The minimum absolute atomic E-state index is 0.0938. The van der Waals surface area contributed by atoms with Crippen LogP contribution in [0.1, 0.15) is 18.2 Å². The highest BCUT2D eigenvalue weighted by Gasteiger charge is 2.35. The van der Waals surface area contributed by atoms with Gasteiger partial charge < -0.3 is 0 Å². The van der Waals surface area contributed by atoms with Crippen LogP contribution in [0.4, 0.5) is 13.2 Å². The predicted octanol–water partition coefficient (Wildman–Crippen LogP) is 4.52. The molecule has 0 unspecified atom stereocenters. The van der Waals surface area contributed by atoms with Gasteiger partial charge in [0.25, 0.3) is 0 Å². The predicted molar refractivity (Wildman–Crippen MR) is 96.5 cm³/mol.